The molecular weight excluding hydrogens is 334 g/mol. The first kappa shape index (κ1) is 24.4. The van der Waals surface area contributed by atoms with Crippen LogP contribution in [0.5, 0.6) is 0 Å². The molecule has 4 heteroatoms. The minimum atomic E-state index is 0.285. The van der Waals surface area contributed by atoms with Gasteiger partial charge in [0.15, 0.2) is 0 Å². The first-order valence-electron chi connectivity index (χ1n) is 11.1. The summed E-state index contributed by atoms with van der Waals surface area (Å²) in [5.41, 5.74) is 16.8. The van der Waals surface area contributed by atoms with Crippen molar-refractivity contribution in [2.75, 3.05) is 19.7 Å². The Bertz CT molecular complexity index is 470. The zero-order valence-electron chi connectivity index (χ0n) is 18.3. The summed E-state index contributed by atoms with van der Waals surface area (Å²) in [6.45, 7) is 11.2. The molecule has 1 unspecified atom stereocenters. The van der Waals surface area contributed by atoms with Gasteiger partial charge in [0.25, 0.3) is 0 Å². The van der Waals surface area contributed by atoms with E-state index in [4.69, 9.17) is 16.6 Å². The molecule has 3 atom stereocenters. The topological polar surface area (TPSA) is 84.3 Å². The number of nitrogens with one attached hydrogen (secondary N) is 1. The number of hydrogen-bond acceptors (Lipinski definition) is 4. The van der Waals surface area contributed by atoms with Crippen LogP contribution < -0.4 is 16.8 Å². The Morgan fingerprint density at radius 3 is 2.56 bits per heavy atom. The number of allylic oxidation sites excluding steroid dienone is 2. The average molecular weight is 380 g/mol. The Morgan fingerprint density at radius 2 is 1.93 bits per heavy atom. The largest absolute Gasteiger partial charge is 0.396 e. The van der Waals surface area contributed by atoms with E-state index in [0.717, 1.165) is 64.5 Å². The number of aliphatic hydroxyl groups excluding tert-OH is 1. The van der Waals surface area contributed by atoms with Crippen LogP contribution in [0.3, 0.4) is 0 Å². The summed E-state index contributed by atoms with van der Waals surface area (Å²) in [6, 6.07) is 0.688. The molecule has 0 saturated carbocycles. The molecule has 0 saturated heterocycles. The maximum absolute atomic E-state index is 8.89. The van der Waals surface area contributed by atoms with Crippen molar-refractivity contribution in [2.24, 2.45) is 23.3 Å². The number of aliphatic hydroxyl groups is 1. The molecular formula is C23H45N3O. The Kier molecular flexibility index (Phi) is 12.2. The third kappa shape index (κ3) is 9.38. The van der Waals surface area contributed by atoms with Crippen molar-refractivity contribution in [3.8, 4) is 0 Å². The van der Waals surface area contributed by atoms with Gasteiger partial charge in [0.2, 0.25) is 0 Å². The third-order valence-electron chi connectivity index (χ3n) is 5.72. The van der Waals surface area contributed by atoms with E-state index in [9.17, 15) is 0 Å². The molecule has 0 radical (unpaired) electrons. The molecule has 1 aliphatic rings. The molecule has 0 amide bonds. The van der Waals surface area contributed by atoms with Crippen LogP contribution in [0.25, 0.3) is 0 Å². The summed E-state index contributed by atoms with van der Waals surface area (Å²) >= 11 is 0. The molecule has 158 valence electrons. The van der Waals surface area contributed by atoms with E-state index >= 15 is 0 Å². The van der Waals surface area contributed by atoms with Crippen molar-refractivity contribution in [2.45, 2.75) is 91.1 Å². The molecule has 0 aromatic rings. The fourth-order valence-corrected chi connectivity index (χ4v) is 4.19. The van der Waals surface area contributed by atoms with Gasteiger partial charge in [0.05, 0.1) is 0 Å². The van der Waals surface area contributed by atoms with Gasteiger partial charge in [0.1, 0.15) is 0 Å². The van der Waals surface area contributed by atoms with Gasteiger partial charge >= 0.3 is 0 Å². The maximum Gasteiger partial charge on any atom is 0.0431 e. The van der Waals surface area contributed by atoms with Crippen molar-refractivity contribution in [1.29, 1.82) is 0 Å². The van der Waals surface area contributed by atoms with Crippen LogP contribution in [0.4, 0.5) is 0 Å². The van der Waals surface area contributed by atoms with Crippen LogP contribution in [0.2, 0.25) is 0 Å². The third-order valence-corrected chi connectivity index (χ3v) is 5.72. The van der Waals surface area contributed by atoms with E-state index in [1.807, 2.05) is 0 Å². The van der Waals surface area contributed by atoms with Crippen LogP contribution in [0.1, 0.15) is 79.1 Å². The first-order chi connectivity index (χ1) is 12.9. The van der Waals surface area contributed by atoms with Crippen LogP contribution in [0.15, 0.2) is 22.8 Å². The fraction of sp³-hybridized carbons (Fsp3) is 0.826. The van der Waals surface area contributed by atoms with Crippen molar-refractivity contribution in [3.63, 3.8) is 0 Å². The molecule has 0 spiro atoms. The van der Waals surface area contributed by atoms with Crippen molar-refractivity contribution >= 4 is 0 Å². The highest BCUT2D eigenvalue weighted by Gasteiger charge is 2.23. The molecule has 0 bridgehead atoms. The molecule has 0 aromatic heterocycles. The Morgan fingerprint density at radius 1 is 1.19 bits per heavy atom. The maximum atomic E-state index is 8.89. The minimum absolute atomic E-state index is 0.285. The summed E-state index contributed by atoms with van der Waals surface area (Å²) in [5, 5.41) is 12.6. The lowest BCUT2D eigenvalue weighted by atomic mass is 9.79. The lowest BCUT2D eigenvalue weighted by molar-refractivity contribution is 0.282. The number of unbranched alkanes of at least 4 members (excludes halogenated alkanes) is 2. The Balaban J connectivity index is 2.72. The van der Waals surface area contributed by atoms with Crippen LogP contribution >= 0.6 is 0 Å². The minimum Gasteiger partial charge on any atom is -0.396 e. The predicted molar refractivity (Wildman–Crippen MR) is 118 cm³/mol. The quantitative estimate of drug-likeness (QED) is 0.345. The molecule has 0 aromatic carbocycles. The summed E-state index contributed by atoms with van der Waals surface area (Å²) < 4.78 is 0. The van der Waals surface area contributed by atoms with E-state index in [0.29, 0.717) is 24.5 Å². The van der Waals surface area contributed by atoms with Gasteiger partial charge in [-0.3, -0.25) is 0 Å². The highest BCUT2D eigenvalue weighted by atomic mass is 16.2. The average Bonchev–Trinajstić information content (AvgIpc) is 2.61. The van der Waals surface area contributed by atoms with Gasteiger partial charge < -0.3 is 21.9 Å². The molecule has 27 heavy (non-hydrogen) atoms. The zero-order chi connectivity index (χ0) is 20.2. The lowest BCUT2D eigenvalue weighted by Crippen LogP contribution is -2.31. The normalized spacial score (nSPS) is 20.1. The van der Waals surface area contributed by atoms with Crippen LogP contribution in [-0.2, 0) is 0 Å². The van der Waals surface area contributed by atoms with E-state index in [1.54, 1.807) is 5.57 Å². The summed E-state index contributed by atoms with van der Waals surface area (Å²) in [5.74, 6) is 1.23. The molecule has 1 aliphatic carbocycles. The Hall–Kier alpha value is -0.680. The molecule has 0 heterocycles. The van der Waals surface area contributed by atoms with E-state index < -0.39 is 0 Å². The van der Waals surface area contributed by atoms with Gasteiger partial charge in [-0.15, -0.1) is 0 Å². The van der Waals surface area contributed by atoms with E-state index in [2.05, 4.69) is 39.1 Å². The highest BCUT2D eigenvalue weighted by molar-refractivity contribution is 5.37. The van der Waals surface area contributed by atoms with Crippen LogP contribution in [-0.4, -0.2) is 36.9 Å². The first-order valence-corrected chi connectivity index (χ1v) is 11.1. The molecule has 6 N–H and O–H groups in total. The molecule has 0 fully saturated rings. The number of rotatable bonds is 14. The summed E-state index contributed by atoms with van der Waals surface area (Å²) in [4.78, 5) is 0. The van der Waals surface area contributed by atoms with Gasteiger partial charge in [-0.05, 0) is 88.8 Å². The second-order valence-corrected chi connectivity index (χ2v) is 8.80. The highest BCUT2D eigenvalue weighted by Crippen LogP contribution is 2.35. The smallest absolute Gasteiger partial charge is 0.0431 e. The van der Waals surface area contributed by atoms with Gasteiger partial charge in [0, 0.05) is 18.7 Å². The summed E-state index contributed by atoms with van der Waals surface area (Å²) in [6.07, 6.45) is 10.9. The predicted octanol–water partition coefficient (Wildman–Crippen LogP) is 3.89. The second-order valence-electron chi connectivity index (χ2n) is 8.80. The fourth-order valence-electron chi connectivity index (χ4n) is 4.19. The van der Waals surface area contributed by atoms with Crippen LogP contribution in [0, 0.1) is 11.8 Å². The molecule has 0 aliphatic heterocycles. The zero-order valence-corrected chi connectivity index (χ0v) is 18.3. The standard InChI is InChI=1S/C23H45N3O/c1-17(2)14-22(25)9-8-20-16-21(15-18(3)23(20)10-11-24)19(4)26-12-6-5-7-13-27/h16-19,22,26-27H,5-15,24-25H2,1-4H3/t18-,19?,22-/m0/s1. The monoisotopic (exact) mass is 379 g/mol. The van der Waals surface area contributed by atoms with Crippen molar-refractivity contribution in [3.05, 3.63) is 22.8 Å². The van der Waals surface area contributed by atoms with E-state index in [-0.39, 0.29) is 6.04 Å². The van der Waals surface area contributed by atoms with E-state index in [1.165, 1.54) is 11.1 Å². The van der Waals surface area contributed by atoms with Gasteiger partial charge in [-0.1, -0.05) is 38.0 Å². The second kappa shape index (κ2) is 13.5. The number of nitrogens with two attached hydrogens (primary N) is 2. The Labute approximate surface area is 167 Å². The summed E-state index contributed by atoms with van der Waals surface area (Å²) in [7, 11) is 0. The molecule has 1 rings (SSSR count). The van der Waals surface area contributed by atoms with Crippen molar-refractivity contribution < 1.29 is 5.11 Å². The number of hydrogen-bond donors (Lipinski definition) is 4. The van der Waals surface area contributed by atoms with Gasteiger partial charge in [-0.25, -0.2) is 0 Å². The molecule has 4 nitrogen and oxygen atoms in total. The SMILES string of the molecule is CC(C)C[C@@H](N)CCC1=C(CCN)[C@@H](C)CC(C(C)NCCCCCO)=C1. The van der Waals surface area contributed by atoms with Crippen molar-refractivity contribution in [1.82, 2.24) is 5.32 Å². The van der Waals surface area contributed by atoms with Gasteiger partial charge in [-0.2, -0.15) is 0 Å². The lowest BCUT2D eigenvalue weighted by Gasteiger charge is -2.30.